The van der Waals surface area contributed by atoms with E-state index in [1.54, 1.807) is 18.2 Å². The standard InChI is InChI=1S/C16H10ClF3N2O/c17-8-10-1-6-13-14(7-10)21-9-22(15(13)23)12-4-2-11(3-5-12)16(18,19)20/h1-7,9H,8H2. The highest BCUT2D eigenvalue weighted by Gasteiger charge is 2.30. The first kappa shape index (κ1) is 15.6. The molecule has 0 saturated heterocycles. The van der Waals surface area contributed by atoms with Gasteiger partial charge in [0.15, 0.2) is 0 Å². The van der Waals surface area contributed by atoms with E-state index >= 15 is 0 Å². The highest BCUT2D eigenvalue weighted by molar-refractivity contribution is 6.17. The molecule has 1 aromatic heterocycles. The number of alkyl halides is 4. The van der Waals surface area contributed by atoms with Gasteiger partial charge in [-0.3, -0.25) is 9.36 Å². The molecule has 3 nitrogen and oxygen atoms in total. The molecule has 0 aliphatic heterocycles. The number of hydrogen-bond acceptors (Lipinski definition) is 2. The predicted octanol–water partition coefficient (Wildman–Crippen LogP) is 4.14. The lowest BCUT2D eigenvalue weighted by Gasteiger charge is -2.10. The van der Waals surface area contributed by atoms with Gasteiger partial charge >= 0.3 is 6.18 Å². The van der Waals surface area contributed by atoms with Crippen LogP contribution < -0.4 is 5.56 Å². The summed E-state index contributed by atoms with van der Waals surface area (Å²) in [6.07, 6.45) is -3.12. The Morgan fingerprint density at radius 3 is 2.39 bits per heavy atom. The fourth-order valence-electron chi connectivity index (χ4n) is 2.25. The van der Waals surface area contributed by atoms with E-state index in [0.717, 1.165) is 17.7 Å². The number of nitrogens with zero attached hydrogens (tertiary/aromatic N) is 2. The second-order valence-electron chi connectivity index (χ2n) is 4.95. The molecule has 118 valence electrons. The predicted molar refractivity (Wildman–Crippen MR) is 81.9 cm³/mol. The van der Waals surface area contributed by atoms with E-state index < -0.39 is 11.7 Å². The van der Waals surface area contributed by atoms with Crippen molar-refractivity contribution in [2.45, 2.75) is 12.1 Å². The van der Waals surface area contributed by atoms with E-state index in [0.29, 0.717) is 22.5 Å². The van der Waals surface area contributed by atoms with Crippen molar-refractivity contribution in [1.82, 2.24) is 9.55 Å². The van der Waals surface area contributed by atoms with E-state index in [1.165, 1.54) is 23.0 Å². The summed E-state index contributed by atoms with van der Waals surface area (Å²) in [5.74, 6) is 0.305. The Kier molecular flexibility index (Phi) is 3.85. The van der Waals surface area contributed by atoms with E-state index in [9.17, 15) is 18.0 Å². The van der Waals surface area contributed by atoms with Crippen LogP contribution in [-0.4, -0.2) is 9.55 Å². The van der Waals surface area contributed by atoms with Gasteiger partial charge in [-0.1, -0.05) is 6.07 Å². The molecule has 3 rings (SSSR count). The highest BCUT2D eigenvalue weighted by atomic mass is 35.5. The Balaban J connectivity index is 2.10. The molecule has 7 heteroatoms. The van der Waals surface area contributed by atoms with Crippen molar-refractivity contribution < 1.29 is 13.2 Å². The number of halogens is 4. The topological polar surface area (TPSA) is 34.9 Å². The van der Waals surface area contributed by atoms with Crippen molar-refractivity contribution in [2.75, 3.05) is 0 Å². The Bertz CT molecular complexity index is 917. The van der Waals surface area contributed by atoms with Gasteiger partial charge in [-0.25, -0.2) is 4.98 Å². The molecule has 2 aromatic carbocycles. The molecule has 0 atom stereocenters. The number of benzene rings is 2. The fraction of sp³-hybridized carbons (Fsp3) is 0.125. The zero-order chi connectivity index (χ0) is 16.6. The SMILES string of the molecule is O=c1c2ccc(CCl)cc2ncn1-c1ccc(C(F)(F)F)cc1. The number of rotatable bonds is 2. The van der Waals surface area contributed by atoms with Crippen LogP contribution in [0, 0.1) is 0 Å². The molecule has 0 saturated carbocycles. The number of hydrogen-bond donors (Lipinski definition) is 0. The average Bonchev–Trinajstić information content (AvgIpc) is 2.54. The molecule has 0 aliphatic rings. The van der Waals surface area contributed by atoms with E-state index in [1.807, 2.05) is 0 Å². The lowest BCUT2D eigenvalue weighted by molar-refractivity contribution is -0.137. The van der Waals surface area contributed by atoms with Gasteiger partial charge in [0.1, 0.15) is 6.33 Å². The van der Waals surface area contributed by atoms with Gasteiger partial charge in [0.05, 0.1) is 22.2 Å². The molecule has 0 radical (unpaired) electrons. The summed E-state index contributed by atoms with van der Waals surface area (Å²) >= 11 is 5.74. The van der Waals surface area contributed by atoms with Crippen LogP contribution >= 0.6 is 11.6 Å². The molecule has 1 heterocycles. The number of fused-ring (bicyclic) bond motifs is 1. The number of aromatic nitrogens is 2. The van der Waals surface area contributed by atoms with Crippen LogP contribution in [0.4, 0.5) is 13.2 Å². The van der Waals surface area contributed by atoms with E-state index in [-0.39, 0.29) is 5.56 Å². The van der Waals surface area contributed by atoms with Crippen molar-refractivity contribution in [3.63, 3.8) is 0 Å². The monoisotopic (exact) mass is 338 g/mol. The van der Waals surface area contributed by atoms with Gasteiger partial charge < -0.3 is 0 Å². The van der Waals surface area contributed by atoms with Crippen molar-refractivity contribution in [3.8, 4) is 5.69 Å². The quantitative estimate of drug-likeness (QED) is 0.658. The summed E-state index contributed by atoms with van der Waals surface area (Å²) in [4.78, 5) is 16.7. The first-order chi connectivity index (χ1) is 10.9. The molecule has 0 bridgehead atoms. The van der Waals surface area contributed by atoms with Crippen LogP contribution in [0.25, 0.3) is 16.6 Å². The van der Waals surface area contributed by atoms with E-state index in [4.69, 9.17) is 11.6 Å². The van der Waals surface area contributed by atoms with Crippen LogP contribution in [0.3, 0.4) is 0 Å². The molecular formula is C16H10ClF3N2O. The van der Waals surface area contributed by atoms with Crippen molar-refractivity contribution in [3.05, 3.63) is 70.3 Å². The third-order valence-corrected chi connectivity index (χ3v) is 3.76. The van der Waals surface area contributed by atoms with Gasteiger partial charge in [0.2, 0.25) is 0 Å². The Morgan fingerprint density at radius 2 is 1.78 bits per heavy atom. The zero-order valence-electron chi connectivity index (χ0n) is 11.6. The maximum atomic E-state index is 12.6. The third kappa shape index (κ3) is 2.94. The van der Waals surface area contributed by atoms with Crippen LogP contribution in [0.2, 0.25) is 0 Å². The van der Waals surface area contributed by atoms with Crippen LogP contribution in [-0.2, 0) is 12.1 Å². The summed E-state index contributed by atoms with van der Waals surface area (Å²) in [7, 11) is 0. The lowest BCUT2D eigenvalue weighted by atomic mass is 10.1. The molecule has 23 heavy (non-hydrogen) atoms. The zero-order valence-corrected chi connectivity index (χ0v) is 12.4. The average molecular weight is 339 g/mol. The normalized spacial score (nSPS) is 11.8. The van der Waals surface area contributed by atoms with Gasteiger partial charge in [0.25, 0.3) is 5.56 Å². The Hall–Kier alpha value is -2.34. The van der Waals surface area contributed by atoms with E-state index in [2.05, 4.69) is 4.98 Å². The summed E-state index contributed by atoms with van der Waals surface area (Å²) in [5.41, 5.74) is 0.527. The van der Waals surface area contributed by atoms with Crippen molar-refractivity contribution >= 4 is 22.5 Å². The minimum Gasteiger partial charge on any atom is -0.268 e. The minimum absolute atomic E-state index is 0.305. The lowest BCUT2D eigenvalue weighted by Crippen LogP contribution is -2.19. The molecule has 0 fully saturated rings. The Morgan fingerprint density at radius 1 is 1.09 bits per heavy atom. The summed E-state index contributed by atoms with van der Waals surface area (Å²) in [6.45, 7) is 0. The summed E-state index contributed by atoms with van der Waals surface area (Å²) in [6, 6.07) is 9.39. The van der Waals surface area contributed by atoms with Gasteiger partial charge in [-0.15, -0.1) is 11.6 Å². The molecule has 0 N–H and O–H groups in total. The highest BCUT2D eigenvalue weighted by Crippen LogP contribution is 2.29. The van der Waals surface area contributed by atoms with Crippen LogP contribution in [0.5, 0.6) is 0 Å². The molecule has 0 spiro atoms. The summed E-state index contributed by atoms with van der Waals surface area (Å²) in [5, 5.41) is 0.376. The molecule has 0 unspecified atom stereocenters. The van der Waals surface area contributed by atoms with Gasteiger partial charge in [-0.05, 0) is 42.0 Å². The largest absolute Gasteiger partial charge is 0.416 e. The Labute approximate surface area is 134 Å². The van der Waals surface area contributed by atoms with Crippen molar-refractivity contribution in [1.29, 1.82) is 0 Å². The second-order valence-corrected chi connectivity index (χ2v) is 5.22. The first-order valence-corrected chi connectivity index (χ1v) is 7.17. The van der Waals surface area contributed by atoms with Crippen molar-refractivity contribution in [2.24, 2.45) is 0 Å². The molecule has 0 amide bonds. The third-order valence-electron chi connectivity index (χ3n) is 3.45. The van der Waals surface area contributed by atoms with Crippen LogP contribution in [0.15, 0.2) is 53.6 Å². The van der Waals surface area contributed by atoms with Gasteiger partial charge in [-0.2, -0.15) is 13.2 Å². The molecule has 0 aliphatic carbocycles. The molecule has 3 aromatic rings. The first-order valence-electron chi connectivity index (χ1n) is 6.64. The fourth-order valence-corrected chi connectivity index (χ4v) is 2.41. The van der Waals surface area contributed by atoms with Gasteiger partial charge in [0, 0.05) is 5.88 Å². The second kappa shape index (κ2) is 5.70. The molecular weight excluding hydrogens is 329 g/mol. The van der Waals surface area contributed by atoms with Crippen LogP contribution in [0.1, 0.15) is 11.1 Å². The maximum Gasteiger partial charge on any atom is 0.416 e. The summed E-state index contributed by atoms with van der Waals surface area (Å²) < 4.78 is 39.0. The maximum absolute atomic E-state index is 12.6. The smallest absolute Gasteiger partial charge is 0.268 e. The minimum atomic E-state index is -4.41.